The first kappa shape index (κ1) is 11.0. The molecule has 0 radical (unpaired) electrons. The van der Waals surface area contributed by atoms with Crippen LogP contribution in [0.25, 0.3) is 0 Å². The lowest BCUT2D eigenvalue weighted by Gasteiger charge is -2.33. The van der Waals surface area contributed by atoms with Gasteiger partial charge in [-0.2, -0.15) is 0 Å². The number of methoxy groups -OCH3 is 2. The molecule has 0 amide bonds. The Bertz CT molecular complexity index is 371. The molecule has 2 atom stereocenters. The molecule has 86 valence electrons. The average Bonchev–Trinajstić information content (AvgIpc) is 2.30. The van der Waals surface area contributed by atoms with Gasteiger partial charge in [0.1, 0.15) is 17.6 Å². The fraction of sp³-hybridized carbons (Fsp3) is 0.417. The Morgan fingerprint density at radius 1 is 1.12 bits per heavy atom. The van der Waals surface area contributed by atoms with Crippen molar-refractivity contribution in [3.63, 3.8) is 0 Å². The number of ether oxygens (including phenoxy) is 3. The second kappa shape index (κ2) is 4.53. The van der Waals surface area contributed by atoms with Crippen molar-refractivity contribution < 1.29 is 19.0 Å². The van der Waals surface area contributed by atoms with Gasteiger partial charge in [-0.25, -0.2) is 0 Å². The van der Waals surface area contributed by atoms with Gasteiger partial charge >= 0.3 is 0 Å². The SMILES string of the molecule is COc1ccc(OC2CC(=O)C2OC)cc1. The van der Waals surface area contributed by atoms with Gasteiger partial charge in [0.15, 0.2) is 11.9 Å². The number of carbonyl (C=O) groups is 1. The summed E-state index contributed by atoms with van der Waals surface area (Å²) in [6.07, 6.45) is -0.155. The molecule has 4 heteroatoms. The van der Waals surface area contributed by atoms with Crippen LogP contribution in [-0.2, 0) is 9.53 Å². The molecular weight excluding hydrogens is 208 g/mol. The minimum Gasteiger partial charge on any atom is -0.497 e. The van der Waals surface area contributed by atoms with E-state index >= 15 is 0 Å². The summed E-state index contributed by atoms with van der Waals surface area (Å²) in [4.78, 5) is 11.1. The monoisotopic (exact) mass is 222 g/mol. The van der Waals surface area contributed by atoms with E-state index in [1.165, 1.54) is 7.11 Å². The van der Waals surface area contributed by atoms with E-state index in [4.69, 9.17) is 14.2 Å². The van der Waals surface area contributed by atoms with Crippen LogP contribution in [0.4, 0.5) is 0 Å². The number of rotatable bonds is 4. The van der Waals surface area contributed by atoms with E-state index in [2.05, 4.69) is 0 Å². The van der Waals surface area contributed by atoms with Crippen LogP contribution in [0.5, 0.6) is 11.5 Å². The Balaban J connectivity index is 1.96. The predicted octanol–water partition coefficient (Wildman–Crippen LogP) is 1.43. The molecule has 0 heterocycles. The van der Waals surface area contributed by atoms with Gasteiger partial charge in [-0.05, 0) is 24.3 Å². The lowest BCUT2D eigenvalue weighted by Crippen LogP contribution is -2.51. The zero-order valence-corrected chi connectivity index (χ0v) is 9.30. The lowest BCUT2D eigenvalue weighted by molar-refractivity contribution is -0.150. The second-order valence-electron chi connectivity index (χ2n) is 3.66. The summed E-state index contributed by atoms with van der Waals surface area (Å²) in [6, 6.07) is 7.26. The molecule has 1 aliphatic rings. The number of Topliss-reactive ketones (excluding diaryl/α,β-unsaturated/α-hetero) is 1. The third kappa shape index (κ3) is 2.02. The summed E-state index contributed by atoms with van der Waals surface area (Å²) in [5, 5.41) is 0. The first-order chi connectivity index (χ1) is 7.74. The normalized spacial score (nSPS) is 23.8. The second-order valence-corrected chi connectivity index (χ2v) is 3.66. The molecule has 4 nitrogen and oxygen atoms in total. The fourth-order valence-corrected chi connectivity index (χ4v) is 1.68. The lowest BCUT2D eigenvalue weighted by atomic mass is 9.90. The van der Waals surface area contributed by atoms with Crippen LogP contribution in [0.1, 0.15) is 6.42 Å². The minimum absolute atomic E-state index is 0.0982. The number of hydrogen-bond acceptors (Lipinski definition) is 4. The van der Waals surface area contributed by atoms with Gasteiger partial charge in [-0.15, -0.1) is 0 Å². The minimum atomic E-state index is -0.415. The first-order valence-corrected chi connectivity index (χ1v) is 5.11. The molecule has 1 aliphatic carbocycles. The Labute approximate surface area is 94.1 Å². The van der Waals surface area contributed by atoms with Crippen molar-refractivity contribution in [3.05, 3.63) is 24.3 Å². The molecule has 0 saturated heterocycles. The zero-order chi connectivity index (χ0) is 11.5. The Morgan fingerprint density at radius 3 is 2.25 bits per heavy atom. The number of ketones is 1. The van der Waals surface area contributed by atoms with E-state index < -0.39 is 6.10 Å². The van der Waals surface area contributed by atoms with Crippen molar-refractivity contribution in [2.24, 2.45) is 0 Å². The summed E-state index contributed by atoms with van der Waals surface area (Å²) in [5.41, 5.74) is 0. The van der Waals surface area contributed by atoms with Crippen LogP contribution >= 0.6 is 0 Å². The standard InChI is InChI=1S/C12H14O4/c1-14-8-3-5-9(6-4-8)16-11-7-10(13)12(11)15-2/h3-6,11-12H,7H2,1-2H3. The molecule has 0 spiro atoms. The average molecular weight is 222 g/mol. The Morgan fingerprint density at radius 2 is 1.75 bits per heavy atom. The van der Waals surface area contributed by atoms with Crippen molar-refractivity contribution in [2.75, 3.05) is 14.2 Å². The Hall–Kier alpha value is -1.55. The van der Waals surface area contributed by atoms with E-state index in [0.717, 1.165) is 11.5 Å². The number of hydrogen-bond donors (Lipinski definition) is 0. The maximum Gasteiger partial charge on any atom is 0.169 e. The highest BCUT2D eigenvalue weighted by molar-refractivity contribution is 5.90. The molecule has 16 heavy (non-hydrogen) atoms. The summed E-state index contributed by atoms with van der Waals surface area (Å²) >= 11 is 0. The molecule has 1 aromatic rings. The van der Waals surface area contributed by atoms with E-state index in [1.807, 2.05) is 24.3 Å². The van der Waals surface area contributed by atoms with E-state index in [1.54, 1.807) is 7.11 Å². The maximum atomic E-state index is 11.1. The highest BCUT2D eigenvalue weighted by Crippen LogP contribution is 2.26. The molecular formula is C12H14O4. The largest absolute Gasteiger partial charge is 0.497 e. The number of carbonyl (C=O) groups excluding carboxylic acids is 1. The third-order valence-corrected chi connectivity index (χ3v) is 2.66. The van der Waals surface area contributed by atoms with E-state index in [9.17, 15) is 4.79 Å². The number of benzene rings is 1. The van der Waals surface area contributed by atoms with Crippen molar-refractivity contribution >= 4 is 5.78 Å². The van der Waals surface area contributed by atoms with Crippen LogP contribution < -0.4 is 9.47 Å². The van der Waals surface area contributed by atoms with E-state index in [0.29, 0.717) is 6.42 Å². The predicted molar refractivity (Wildman–Crippen MR) is 57.8 cm³/mol. The summed E-state index contributed by atoms with van der Waals surface area (Å²) in [6.45, 7) is 0. The van der Waals surface area contributed by atoms with E-state index in [-0.39, 0.29) is 11.9 Å². The van der Waals surface area contributed by atoms with Crippen LogP contribution in [0.15, 0.2) is 24.3 Å². The third-order valence-electron chi connectivity index (χ3n) is 2.66. The molecule has 2 rings (SSSR count). The van der Waals surface area contributed by atoms with Crippen molar-refractivity contribution in [2.45, 2.75) is 18.6 Å². The molecule has 0 bridgehead atoms. The van der Waals surface area contributed by atoms with Crippen molar-refractivity contribution in [1.82, 2.24) is 0 Å². The first-order valence-electron chi connectivity index (χ1n) is 5.11. The summed E-state index contributed by atoms with van der Waals surface area (Å²) in [7, 11) is 3.13. The maximum absolute atomic E-state index is 11.1. The zero-order valence-electron chi connectivity index (χ0n) is 9.30. The fourth-order valence-electron chi connectivity index (χ4n) is 1.68. The smallest absolute Gasteiger partial charge is 0.169 e. The molecule has 2 unspecified atom stereocenters. The van der Waals surface area contributed by atoms with Gasteiger partial charge in [0.05, 0.1) is 7.11 Å². The highest BCUT2D eigenvalue weighted by atomic mass is 16.5. The van der Waals surface area contributed by atoms with Crippen LogP contribution in [0.2, 0.25) is 0 Å². The molecule has 1 fully saturated rings. The van der Waals surface area contributed by atoms with Crippen molar-refractivity contribution in [3.8, 4) is 11.5 Å². The van der Waals surface area contributed by atoms with Gasteiger partial charge in [0, 0.05) is 13.5 Å². The molecule has 0 aliphatic heterocycles. The summed E-state index contributed by atoms with van der Waals surface area (Å²) in [5.74, 6) is 1.60. The quantitative estimate of drug-likeness (QED) is 0.773. The van der Waals surface area contributed by atoms with Gasteiger partial charge in [0.2, 0.25) is 0 Å². The summed E-state index contributed by atoms with van der Waals surface area (Å²) < 4.78 is 15.7. The topological polar surface area (TPSA) is 44.8 Å². The van der Waals surface area contributed by atoms with Gasteiger partial charge in [-0.3, -0.25) is 4.79 Å². The molecule has 1 aromatic carbocycles. The van der Waals surface area contributed by atoms with Gasteiger partial charge in [-0.1, -0.05) is 0 Å². The van der Waals surface area contributed by atoms with Crippen LogP contribution in [0.3, 0.4) is 0 Å². The molecule has 1 saturated carbocycles. The molecule has 0 N–H and O–H groups in total. The van der Waals surface area contributed by atoms with Crippen LogP contribution in [0, 0.1) is 0 Å². The van der Waals surface area contributed by atoms with Gasteiger partial charge < -0.3 is 14.2 Å². The van der Waals surface area contributed by atoms with Crippen molar-refractivity contribution in [1.29, 1.82) is 0 Å². The van der Waals surface area contributed by atoms with Crippen LogP contribution in [-0.4, -0.2) is 32.2 Å². The Kier molecular flexibility index (Phi) is 3.10. The van der Waals surface area contributed by atoms with Gasteiger partial charge in [0.25, 0.3) is 0 Å². The molecule has 0 aromatic heterocycles. The highest BCUT2D eigenvalue weighted by Gasteiger charge is 2.41.